The Morgan fingerprint density at radius 3 is 2.58 bits per heavy atom. The summed E-state index contributed by atoms with van der Waals surface area (Å²) < 4.78 is 0. The van der Waals surface area contributed by atoms with Crippen molar-refractivity contribution in [1.29, 1.82) is 0 Å². The molecule has 2 heterocycles. The van der Waals surface area contributed by atoms with Gasteiger partial charge in [-0.25, -0.2) is 0 Å². The molecule has 0 amide bonds. The summed E-state index contributed by atoms with van der Waals surface area (Å²) in [5.74, 6) is 0. The molecular formula is C20H18Cl2N2. The lowest BCUT2D eigenvalue weighted by Gasteiger charge is -2.28. The predicted molar refractivity (Wildman–Crippen MR) is 101 cm³/mol. The molecule has 0 saturated carbocycles. The zero-order chi connectivity index (χ0) is 16.5. The lowest BCUT2D eigenvalue weighted by atomic mass is 10.0. The molecule has 0 unspecified atom stereocenters. The van der Waals surface area contributed by atoms with E-state index in [2.05, 4.69) is 23.1 Å². The summed E-state index contributed by atoms with van der Waals surface area (Å²) in [4.78, 5) is 7.31. The average molecular weight is 357 g/mol. The van der Waals surface area contributed by atoms with Crippen LogP contribution in [0.1, 0.15) is 16.8 Å². The molecule has 0 saturated heterocycles. The van der Waals surface area contributed by atoms with Gasteiger partial charge in [0.25, 0.3) is 0 Å². The molecule has 3 aromatic rings. The van der Waals surface area contributed by atoms with Gasteiger partial charge in [0.1, 0.15) is 0 Å². The Balaban J connectivity index is 1.49. The number of rotatable bonds is 3. The van der Waals surface area contributed by atoms with Crippen LogP contribution in [0.3, 0.4) is 0 Å². The van der Waals surface area contributed by atoms with Crippen molar-refractivity contribution in [2.75, 3.05) is 13.1 Å². The Morgan fingerprint density at radius 2 is 1.75 bits per heavy atom. The first-order valence-electron chi connectivity index (χ1n) is 8.22. The largest absolute Gasteiger partial charge is 0.298 e. The van der Waals surface area contributed by atoms with Gasteiger partial charge in [-0.2, -0.15) is 0 Å². The highest BCUT2D eigenvalue weighted by molar-refractivity contribution is 6.31. The zero-order valence-electron chi connectivity index (χ0n) is 13.3. The number of benzene rings is 2. The van der Waals surface area contributed by atoms with Crippen molar-refractivity contribution in [2.45, 2.75) is 19.4 Å². The zero-order valence-corrected chi connectivity index (χ0v) is 14.8. The Kier molecular flexibility index (Phi) is 4.45. The predicted octanol–water partition coefficient (Wildman–Crippen LogP) is 5.14. The molecule has 0 fully saturated rings. The van der Waals surface area contributed by atoms with Crippen molar-refractivity contribution in [2.24, 2.45) is 0 Å². The molecule has 0 N–H and O–H groups in total. The standard InChI is InChI=1S/C20H18Cl2N2/c21-17-3-1-14(2-4-17)7-9-24-10-8-20-16(13-24)11-15-12-18(22)5-6-19(15)23-20/h1-6,11-12H,7-10,13H2. The van der Waals surface area contributed by atoms with Gasteiger partial charge < -0.3 is 0 Å². The number of aromatic nitrogens is 1. The van der Waals surface area contributed by atoms with E-state index in [0.29, 0.717) is 0 Å². The van der Waals surface area contributed by atoms with Crippen molar-refractivity contribution in [3.05, 3.63) is 75.4 Å². The topological polar surface area (TPSA) is 16.1 Å². The minimum Gasteiger partial charge on any atom is -0.298 e. The van der Waals surface area contributed by atoms with Crippen molar-refractivity contribution < 1.29 is 0 Å². The molecule has 2 aromatic carbocycles. The van der Waals surface area contributed by atoms with Crippen LogP contribution in [-0.4, -0.2) is 23.0 Å². The van der Waals surface area contributed by atoms with Gasteiger partial charge in [-0.15, -0.1) is 0 Å². The van der Waals surface area contributed by atoms with Gasteiger partial charge >= 0.3 is 0 Å². The molecule has 0 radical (unpaired) electrons. The molecule has 0 bridgehead atoms. The number of fused-ring (bicyclic) bond motifs is 2. The highest BCUT2D eigenvalue weighted by Gasteiger charge is 2.18. The third-order valence-electron chi connectivity index (χ3n) is 4.63. The normalized spacial score (nSPS) is 14.8. The third kappa shape index (κ3) is 3.41. The molecular weight excluding hydrogens is 339 g/mol. The average Bonchev–Trinajstić information content (AvgIpc) is 2.59. The summed E-state index contributed by atoms with van der Waals surface area (Å²) in [5.41, 5.74) is 4.92. The quantitative estimate of drug-likeness (QED) is 0.645. The van der Waals surface area contributed by atoms with E-state index < -0.39 is 0 Å². The second-order valence-corrected chi connectivity index (χ2v) is 7.21. The summed E-state index contributed by atoms with van der Waals surface area (Å²) in [5, 5.41) is 2.68. The van der Waals surface area contributed by atoms with Gasteiger partial charge in [0.2, 0.25) is 0 Å². The van der Waals surface area contributed by atoms with Gasteiger partial charge in [0, 0.05) is 47.2 Å². The molecule has 0 aliphatic carbocycles. The van der Waals surface area contributed by atoms with E-state index in [4.69, 9.17) is 28.2 Å². The SMILES string of the molecule is Clc1ccc(CCN2CCc3nc4ccc(Cl)cc4cc3C2)cc1. The van der Waals surface area contributed by atoms with Crippen LogP contribution in [0.4, 0.5) is 0 Å². The van der Waals surface area contributed by atoms with E-state index >= 15 is 0 Å². The van der Waals surface area contributed by atoms with Gasteiger partial charge in [-0.1, -0.05) is 35.3 Å². The summed E-state index contributed by atoms with van der Waals surface area (Å²) >= 11 is 12.1. The molecule has 4 heteroatoms. The molecule has 24 heavy (non-hydrogen) atoms. The smallest absolute Gasteiger partial charge is 0.0706 e. The Bertz CT molecular complexity index is 875. The third-order valence-corrected chi connectivity index (χ3v) is 5.12. The Hall–Kier alpha value is -1.61. The maximum atomic E-state index is 6.11. The van der Waals surface area contributed by atoms with E-state index in [9.17, 15) is 0 Å². The monoisotopic (exact) mass is 356 g/mol. The molecule has 1 aromatic heterocycles. The minimum atomic E-state index is 0.764. The lowest BCUT2D eigenvalue weighted by Crippen LogP contribution is -2.32. The number of hydrogen-bond acceptors (Lipinski definition) is 2. The lowest BCUT2D eigenvalue weighted by molar-refractivity contribution is 0.255. The minimum absolute atomic E-state index is 0.764. The Morgan fingerprint density at radius 1 is 0.958 bits per heavy atom. The van der Waals surface area contributed by atoms with Gasteiger partial charge in [-0.05, 0) is 53.9 Å². The molecule has 122 valence electrons. The van der Waals surface area contributed by atoms with Crippen LogP contribution in [0.25, 0.3) is 10.9 Å². The van der Waals surface area contributed by atoms with E-state index in [-0.39, 0.29) is 0 Å². The fourth-order valence-corrected chi connectivity index (χ4v) is 3.60. The van der Waals surface area contributed by atoms with Crippen molar-refractivity contribution in [1.82, 2.24) is 9.88 Å². The summed E-state index contributed by atoms with van der Waals surface area (Å²) in [6.07, 6.45) is 2.05. The van der Waals surface area contributed by atoms with Crippen LogP contribution < -0.4 is 0 Å². The summed E-state index contributed by atoms with van der Waals surface area (Å²) in [6.45, 7) is 3.07. The number of pyridine rings is 1. The first kappa shape index (κ1) is 15.9. The number of halogens is 2. The molecule has 2 nitrogen and oxygen atoms in total. The van der Waals surface area contributed by atoms with Gasteiger partial charge in [0.15, 0.2) is 0 Å². The van der Waals surface area contributed by atoms with Crippen LogP contribution in [0, 0.1) is 0 Å². The number of nitrogens with zero attached hydrogens (tertiary/aromatic N) is 2. The molecule has 0 spiro atoms. The van der Waals surface area contributed by atoms with Gasteiger partial charge in [-0.3, -0.25) is 9.88 Å². The van der Waals surface area contributed by atoms with Crippen molar-refractivity contribution >= 4 is 34.1 Å². The molecule has 1 aliphatic heterocycles. The molecule has 0 atom stereocenters. The van der Waals surface area contributed by atoms with E-state index in [1.54, 1.807) is 0 Å². The first-order valence-corrected chi connectivity index (χ1v) is 8.98. The fourth-order valence-electron chi connectivity index (χ4n) is 3.30. The van der Waals surface area contributed by atoms with Crippen molar-refractivity contribution in [3.8, 4) is 0 Å². The highest BCUT2D eigenvalue weighted by Crippen LogP contribution is 2.25. The maximum Gasteiger partial charge on any atom is 0.0706 e. The van der Waals surface area contributed by atoms with Gasteiger partial charge in [0.05, 0.1) is 5.52 Å². The second kappa shape index (κ2) is 6.72. The van der Waals surface area contributed by atoms with Crippen LogP contribution in [0.5, 0.6) is 0 Å². The fraction of sp³-hybridized carbons (Fsp3) is 0.250. The summed E-state index contributed by atoms with van der Waals surface area (Å²) in [7, 11) is 0. The highest BCUT2D eigenvalue weighted by atomic mass is 35.5. The maximum absolute atomic E-state index is 6.11. The first-order chi connectivity index (χ1) is 11.7. The second-order valence-electron chi connectivity index (χ2n) is 6.33. The summed E-state index contributed by atoms with van der Waals surface area (Å²) in [6, 6.07) is 16.3. The van der Waals surface area contributed by atoms with Crippen LogP contribution in [0.15, 0.2) is 48.5 Å². The molecule has 4 rings (SSSR count). The molecule has 1 aliphatic rings. The van der Waals surface area contributed by atoms with Crippen LogP contribution in [0.2, 0.25) is 10.0 Å². The van der Waals surface area contributed by atoms with Crippen LogP contribution >= 0.6 is 23.2 Å². The van der Waals surface area contributed by atoms with E-state index in [1.165, 1.54) is 16.8 Å². The van der Waals surface area contributed by atoms with E-state index in [0.717, 1.165) is 53.4 Å². The van der Waals surface area contributed by atoms with Crippen LogP contribution in [-0.2, 0) is 19.4 Å². The van der Waals surface area contributed by atoms with E-state index in [1.807, 2.05) is 30.3 Å². The Labute approximate surface area is 152 Å². The van der Waals surface area contributed by atoms with Crippen molar-refractivity contribution in [3.63, 3.8) is 0 Å². The number of hydrogen-bond donors (Lipinski definition) is 0.